The van der Waals surface area contributed by atoms with E-state index in [9.17, 15) is 9.59 Å². The molecule has 0 spiro atoms. The summed E-state index contributed by atoms with van der Waals surface area (Å²) in [5.74, 6) is -0.172. The lowest BCUT2D eigenvalue weighted by Crippen LogP contribution is -2.40. The van der Waals surface area contributed by atoms with Gasteiger partial charge in [0.15, 0.2) is 0 Å². The number of nitrogens with zero attached hydrogens (tertiary/aromatic N) is 4. The summed E-state index contributed by atoms with van der Waals surface area (Å²) in [5, 5.41) is 11.5. The summed E-state index contributed by atoms with van der Waals surface area (Å²) in [5.41, 5.74) is 3.11. The minimum Gasteiger partial charge on any atom is -0.348 e. The van der Waals surface area contributed by atoms with Crippen molar-refractivity contribution >= 4 is 5.91 Å². The Hall–Kier alpha value is -2.44. The Morgan fingerprint density at radius 3 is 2.73 bits per heavy atom. The first kappa shape index (κ1) is 14.5. The number of aryl methyl sites for hydroxylation is 4. The molecule has 0 radical (unpaired) electrons. The molecule has 0 saturated carbocycles. The standard InChI is InChI=1S/C15H19N5O2/c1-9-6-13(18-19(9)2)15(22)16-11-4-5-12-10(7-11)8-14(21)20(3)17-12/h6,8,11H,4-5,7H2,1-3H3,(H,16,22). The normalized spacial score (nSPS) is 17.1. The molecule has 0 fully saturated rings. The van der Waals surface area contributed by atoms with Gasteiger partial charge in [0, 0.05) is 31.9 Å². The second-order valence-electron chi connectivity index (χ2n) is 5.79. The largest absolute Gasteiger partial charge is 0.348 e. The molecule has 2 aromatic rings. The Bertz CT molecular complexity index is 770. The van der Waals surface area contributed by atoms with Gasteiger partial charge in [0.05, 0.1) is 5.69 Å². The monoisotopic (exact) mass is 301 g/mol. The van der Waals surface area contributed by atoms with Crippen molar-refractivity contribution in [3.63, 3.8) is 0 Å². The Morgan fingerprint density at radius 2 is 2.05 bits per heavy atom. The van der Waals surface area contributed by atoms with Crippen molar-refractivity contribution in [3.05, 3.63) is 45.1 Å². The zero-order valence-corrected chi connectivity index (χ0v) is 13.0. The van der Waals surface area contributed by atoms with Crippen LogP contribution in [0.15, 0.2) is 16.9 Å². The van der Waals surface area contributed by atoms with Gasteiger partial charge in [-0.2, -0.15) is 10.2 Å². The van der Waals surface area contributed by atoms with Gasteiger partial charge in [-0.15, -0.1) is 0 Å². The maximum atomic E-state index is 12.2. The molecule has 1 N–H and O–H groups in total. The van der Waals surface area contributed by atoms with Crippen molar-refractivity contribution in [1.82, 2.24) is 24.9 Å². The van der Waals surface area contributed by atoms with Crippen molar-refractivity contribution in [1.29, 1.82) is 0 Å². The second-order valence-corrected chi connectivity index (χ2v) is 5.79. The Morgan fingerprint density at radius 1 is 1.27 bits per heavy atom. The molecule has 3 rings (SSSR count). The first-order chi connectivity index (χ1) is 10.4. The summed E-state index contributed by atoms with van der Waals surface area (Å²) in [6, 6.07) is 3.39. The fraction of sp³-hybridized carbons (Fsp3) is 0.467. The zero-order chi connectivity index (χ0) is 15.9. The van der Waals surface area contributed by atoms with Gasteiger partial charge in [0.1, 0.15) is 5.69 Å². The van der Waals surface area contributed by atoms with Crippen LogP contribution in [0.3, 0.4) is 0 Å². The van der Waals surface area contributed by atoms with Gasteiger partial charge in [-0.3, -0.25) is 14.3 Å². The lowest BCUT2D eigenvalue weighted by molar-refractivity contribution is 0.0927. The quantitative estimate of drug-likeness (QED) is 0.853. The molecule has 0 bridgehead atoms. The van der Waals surface area contributed by atoms with Crippen molar-refractivity contribution in [2.45, 2.75) is 32.2 Å². The summed E-state index contributed by atoms with van der Waals surface area (Å²) in [4.78, 5) is 23.9. The van der Waals surface area contributed by atoms with Gasteiger partial charge >= 0.3 is 0 Å². The number of amides is 1. The predicted molar refractivity (Wildman–Crippen MR) is 80.7 cm³/mol. The van der Waals surface area contributed by atoms with E-state index in [1.165, 1.54) is 4.68 Å². The molecule has 22 heavy (non-hydrogen) atoms. The van der Waals surface area contributed by atoms with Gasteiger partial charge in [0.2, 0.25) is 0 Å². The number of hydrogen-bond acceptors (Lipinski definition) is 4. The molecule has 1 aliphatic carbocycles. The Kier molecular flexibility index (Phi) is 3.56. The van der Waals surface area contributed by atoms with Crippen molar-refractivity contribution in [2.24, 2.45) is 14.1 Å². The molecule has 116 valence electrons. The first-order valence-corrected chi connectivity index (χ1v) is 7.31. The fourth-order valence-corrected chi connectivity index (χ4v) is 2.74. The van der Waals surface area contributed by atoms with Crippen LogP contribution in [0.4, 0.5) is 0 Å². The Balaban J connectivity index is 1.73. The van der Waals surface area contributed by atoms with E-state index in [0.29, 0.717) is 12.1 Å². The fourth-order valence-electron chi connectivity index (χ4n) is 2.74. The van der Waals surface area contributed by atoms with Gasteiger partial charge in [0.25, 0.3) is 11.5 Å². The third-order valence-electron chi connectivity index (χ3n) is 4.14. The highest BCUT2D eigenvalue weighted by atomic mass is 16.2. The van der Waals surface area contributed by atoms with Crippen LogP contribution in [0.25, 0.3) is 0 Å². The maximum Gasteiger partial charge on any atom is 0.272 e. The van der Waals surface area contributed by atoms with E-state index in [0.717, 1.165) is 29.8 Å². The highest BCUT2D eigenvalue weighted by Crippen LogP contribution is 2.18. The van der Waals surface area contributed by atoms with Crippen LogP contribution < -0.4 is 10.9 Å². The molecule has 2 heterocycles. The van der Waals surface area contributed by atoms with Crippen molar-refractivity contribution in [3.8, 4) is 0 Å². The summed E-state index contributed by atoms with van der Waals surface area (Å²) in [7, 11) is 3.46. The highest BCUT2D eigenvalue weighted by molar-refractivity contribution is 5.92. The van der Waals surface area contributed by atoms with Crippen LogP contribution in [-0.2, 0) is 26.9 Å². The average molecular weight is 301 g/mol. The minimum absolute atomic E-state index is 0.0104. The van der Waals surface area contributed by atoms with E-state index in [2.05, 4.69) is 15.5 Å². The molecule has 0 saturated heterocycles. The number of nitrogens with one attached hydrogen (secondary N) is 1. The lowest BCUT2D eigenvalue weighted by Gasteiger charge is -2.24. The van der Waals surface area contributed by atoms with Crippen LogP contribution in [0.2, 0.25) is 0 Å². The molecule has 2 aromatic heterocycles. The number of rotatable bonds is 2. The molecule has 1 aliphatic rings. The van der Waals surface area contributed by atoms with Crippen LogP contribution in [0.1, 0.15) is 33.9 Å². The van der Waals surface area contributed by atoms with Crippen LogP contribution in [0, 0.1) is 6.92 Å². The van der Waals surface area contributed by atoms with Gasteiger partial charge in [-0.25, -0.2) is 4.68 Å². The molecule has 0 aliphatic heterocycles. The molecule has 0 aromatic carbocycles. The van der Waals surface area contributed by atoms with Gasteiger partial charge in [-0.05, 0) is 37.8 Å². The van der Waals surface area contributed by atoms with E-state index >= 15 is 0 Å². The number of carbonyl (C=O) groups is 1. The topological polar surface area (TPSA) is 81.8 Å². The van der Waals surface area contributed by atoms with Gasteiger partial charge in [-0.1, -0.05) is 0 Å². The molecular formula is C15H19N5O2. The lowest BCUT2D eigenvalue weighted by atomic mass is 9.92. The molecular weight excluding hydrogens is 282 g/mol. The van der Waals surface area contributed by atoms with Gasteiger partial charge < -0.3 is 5.32 Å². The van der Waals surface area contributed by atoms with Crippen LogP contribution >= 0.6 is 0 Å². The second kappa shape index (κ2) is 5.40. The van der Waals surface area contributed by atoms with Crippen molar-refractivity contribution in [2.75, 3.05) is 0 Å². The van der Waals surface area contributed by atoms with Crippen LogP contribution in [0.5, 0.6) is 0 Å². The molecule has 1 unspecified atom stereocenters. The van der Waals surface area contributed by atoms with E-state index in [1.54, 1.807) is 23.9 Å². The summed E-state index contributed by atoms with van der Waals surface area (Å²) in [6.07, 6.45) is 2.21. The highest BCUT2D eigenvalue weighted by Gasteiger charge is 2.23. The number of fused-ring (bicyclic) bond motifs is 1. The third-order valence-corrected chi connectivity index (χ3v) is 4.14. The SMILES string of the molecule is Cc1cc(C(=O)NC2CCc3nn(C)c(=O)cc3C2)nn1C. The number of aromatic nitrogens is 4. The smallest absolute Gasteiger partial charge is 0.272 e. The van der Waals surface area contributed by atoms with Crippen molar-refractivity contribution < 1.29 is 4.79 Å². The molecule has 1 amide bonds. The van der Waals surface area contributed by atoms with E-state index in [1.807, 2.05) is 14.0 Å². The predicted octanol–water partition coefficient (Wildman–Crippen LogP) is 0.110. The molecule has 7 heteroatoms. The zero-order valence-electron chi connectivity index (χ0n) is 13.0. The van der Waals surface area contributed by atoms with Crippen LogP contribution in [-0.4, -0.2) is 31.5 Å². The number of hydrogen-bond donors (Lipinski definition) is 1. The summed E-state index contributed by atoms with van der Waals surface area (Å²) >= 11 is 0. The Labute approximate surface area is 128 Å². The third kappa shape index (κ3) is 2.66. The average Bonchev–Trinajstić information content (AvgIpc) is 2.80. The van der Waals surface area contributed by atoms with E-state index in [4.69, 9.17) is 0 Å². The van der Waals surface area contributed by atoms with E-state index < -0.39 is 0 Å². The number of carbonyl (C=O) groups excluding carboxylic acids is 1. The summed E-state index contributed by atoms with van der Waals surface area (Å²) in [6.45, 7) is 1.90. The first-order valence-electron chi connectivity index (χ1n) is 7.31. The molecule has 1 atom stereocenters. The molecule has 7 nitrogen and oxygen atoms in total. The van der Waals surface area contributed by atoms with E-state index in [-0.39, 0.29) is 17.5 Å². The summed E-state index contributed by atoms with van der Waals surface area (Å²) < 4.78 is 3.03. The maximum absolute atomic E-state index is 12.2. The minimum atomic E-state index is -0.172.